The van der Waals surface area contributed by atoms with Gasteiger partial charge >= 0.3 is 5.97 Å². The fourth-order valence-corrected chi connectivity index (χ4v) is 5.58. The molecule has 0 saturated carbocycles. The summed E-state index contributed by atoms with van der Waals surface area (Å²) >= 11 is 12.5. The molecule has 7 nitrogen and oxygen atoms in total. The van der Waals surface area contributed by atoms with E-state index in [4.69, 9.17) is 32.8 Å². The third-order valence-electron chi connectivity index (χ3n) is 3.21. The van der Waals surface area contributed by atoms with Crippen molar-refractivity contribution in [1.29, 1.82) is 0 Å². The van der Waals surface area contributed by atoms with Gasteiger partial charge in [-0.15, -0.1) is 11.3 Å². The molecule has 1 aliphatic rings. The van der Waals surface area contributed by atoms with E-state index in [2.05, 4.69) is 5.16 Å². The van der Waals surface area contributed by atoms with Crippen molar-refractivity contribution in [1.82, 2.24) is 9.46 Å². The molecule has 0 unspecified atom stereocenters. The number of rotatable bonds is 3. The van der Waals surface area contributed by atoms with Crippen LogP contribution in [-0.2, 0) is 23.0 Å². The van der Waals surface area contributed by atoms with Crippen LogP contribution in [-0.4, -0.2) is 35.5 Å². The molecule has 11 heteroatoms. The van der Waals surface area contributed by atoms with Crippen molar-refractivity contribution in [3.8, 4) is 0 Å². The van der Waals surface area contributed by atoms with E-state index in [0.29, 0.717) is 5.76 Å². The lowest BCUT2D eigenvalue weighted by atomic mass is 10.1. The molecule has 3 rings (SSSR count). The molecule has 118 valence electrons. The van der Waals surface area contributed by atoms with Crippen LogP contribution in [0.4, 0.5) is 0 Å². The summed E-state index contributed by atoms with van der Waals surface area (Å²) < 4.78 is 31.5. The number of aromatic carboxylic acids is 1. The van der Waals surface area contributed by atoms with Gasteiger partial charge in [0.1, 0.15) is 14.3 Å². The third-order valence-corrected chi connectivity index (χ3v) is 7.37. The highest BCUT2D eigenvalue weighted by Crippen LogP contribution is 2.37. The van der Waals surface area contributed by atoms with Crippen molar-refractivity contribution < 1.29 is 22.8 Å². The number of fused-ring (bicyclic) bond motifs is 1. The maximum absolute atomic E-state index is 12.6. The number of nitrogens with zero attached hydrogens (tertiary/aromatic N) is 2. The zero-order valence-electron chi connectivity index (χ0n) is 10.7. The fraction of sp³-hybridized carbons (Fsp3) is 0.273. The summed E-state index contributed by atoms with van der Waals surface area (Å²) in [5.41, 5.74) is 0.00761. The van der Waals surface area contributed by atoms with E-state index < -0.39 is 16.0 Å². The van der Waals surface area contributed by atoms with Crippen molar-refractivity contribution in [2.45, 2.75) is 17.2 Å². The minimum Gasteiger partial charge on any atom is -0.476 e. The number of hydrogen-bond donors (Lipinski definition) is 1. The molecule has 0 aliphatic carbocycles. The first-order valence-electron chi connectivity index (χ1n) is 5.96. The largest absolute Gasteiger partial charge is 0.476 e. The van der Waals surface area contributed by atoms with Crippen LogP contribution in [0, 0.1) is 0 Å². The van der Waals surface area contributed by atoms with Gasteiger partial charge in [-0.05, 0) is 6.07 Å². The Kier molecular flexibility index (Phi) is 3.94. The molecule has 22 heavy (non-hydrogen) atoms. The second-order valence-corrected chi connectivity index (χ2v) is 8.74. The Morgan fingerprint density at radius 1 is 1.45 bits per heavy atom. The average Bonchev–Trinajstić information content (AvgIpc) is 3.02. The van der Waals surface area contributed by atoms with Gasteiger partial charge in [0.15, 0.2) is 5.69 Å². The number of aromatic nitrogens is 1. The Hall–Kier alpha value is -1.13. The molecule has 3 heterocycles. The smallest absolute Gasteiger partial charge is 0.358 e. The summed E-state index contributed by atoms with van der Waals surface area (Å²) in [7, 11) is -3.81. The molecule has 1 N–H and O–H groups in total. The molecule has 0 aromatic carbocycles. The zero-order valence-corrected chi connectivity index (χ0v) is 13.9. The lowest BCUT2D eigenvalue weighted by Gasteiger charge is -2.24. The van der Waals surface area contributed by atoms with Gasteiger partial charge in [0, 0.05) is 25.1 Å². The summed E-state index contributed by atoms with van der Waals surface area (Å²) in [6.07, 6.45) is 0.252. The molecule has 0 amide bonds. The number of carboxylic acids is 1. The van der Waals surface area contributed by atoms with Crippen LogP contribution in [0.5, 0.6) is 0 Å². The van der Waals surface area contributed by atoms with Gasteiger partial charge in [0.25, 0.3) is 10.0 Å². The lowest BCUT2D eigenvalue weighted by molar-refractivity contribution is 0.0684. The van der Waals surface area contributed by atoms with E-state index in [9.17, 15) is 13.2 Å². The van der Waals surface area contributed by atoms with Crippen molar-refractivity contribution in [3.05, 3.63) is 32.4 Å². The Morgan fingerprint density at radius 2 is 2.18 bits per heavy atom. The Labute approximate surface area is 139 Å². The maximum Gasteiger partial charge on any atom is 0.358 e. The number of halogens is 2. The van der Waals surface area contributed by atoms with Crippen molar-refractivity contribution >= 4 is 50.5 Å². The highest BCUT2D eigenvalue weighted by molar-refractivity contribution is 7.91. The van der Waals surface area contributed by atoms with Crippen molar-refractivity contribution in [2.24, 2.45) is 0 Å². The zero-order chi connectivity index (χ0) is 16.1. The summed E-state index contributed by atoms with van der Waals surface area (Å²) in [6, 6.07) is 1.28. The molecule has 2 aromatic heterocycles. The number of hydrogen-bond acceptors (Lipinski definition) is 6. The second-order valence-electron chi connectivity index (χ2n) is 4.51. The molecular formula is C11H8Cl2N2O5S2. The fourth-order valence-electron chi connectivity index (χ4n) is 2.14. The van der Waals surface area contributed by atoms with Gasteiger partial charge < -0.3 is 9.63 Å². The topological polar surface area (TPSA) is 101 Å². The van der Waals surface area contributed by atoms with Crippen LogP contribution < -0.4 is 0 Å². The SMILES string of the molecule is O=C(O)c1noc2c1CN(S(=O)(=O)c1cc(Cl)c(Cl)s1)CC2. The van der Waals surface area contributed by atoms with Crippen LogP contribution in [0.1, 0.15) is 21.8 Å². The van der Waals surface area contributed by atoms with Crippen LogP contribution in [0.25, 0.3) is 0 Å². The van der Waals surface area contributed by atoms with E-state index in [0.717, 1.165) is 15.6 Å². The van der Waals surface area contributed by atoms with Crippen molar-refractivity contribution in [2.75, 3.05) is 6.54 Å². The standard InChI is InChI=1S/C11H8Cl2N2O5S2/c12-6-3-8(21-10(6)13)22(18,19)15-2-1-7-5(4-15)9(11(16)17)14-20-7/h3H,1-2,4H2,(H,16,17). The van der Waals surface area contributed by atoms with Gasteiger partial charge in [-0.2, -0.15) is 4.31 Å². The quantitative estimate of drug-likeness (QED) is 0.874. The second kappa shape index (κ2) is 5.50. The summed E-state index contributed by atoms with van der Waals surface area (Å²) in [6.45, 7) is 0.0483. The van der Waals surface area contributed by atoms with Crippen molar-refractivity contribution in [3.63, 3.8) is 0 Å². The molecule has 0 atom stereocenters. The summed E-state index contributed by atoms with van der Waals surface area (Å²) in [5.74, 6) is -0.863. The first kappa shape index (κ1) is 15.8. The molecule has 1 aliphatic heterocycles. The predicted molar refractivity (Wildman–Crippen MR) is 79.1 cm³/mol. The molecule has 0 fully saturated rings. The molecule has 2 aromatic rings. The van der Waals surface area contributed by atoms with Gasteiger partial charge in [-0.25, -0.2) is 13.2 Å². The van der Waals surface area contributed by atoms with Gasteiger partial charge in [-0.3, -0.25) is 0 Å². The number of carboxylic acid groups (broad SMARTS) is 1. The summed E-state index contributed by atoms with van der Waals surface area (Å²) in [4.78, 5) is 11.1. The minimum atomic E-state index is -3.81. The van der Waals surface area contributed by atoms with Crippen LogP contribution in [0.3, 0.4) is 0 Å². The van der Waals surface area contributed by atoms with E-state index in [-0.39, 0.29) is 44.3 Å². The lowest BCUT2D eigenvalue weighted by Crippen LogP contribution is -2.35. The third kappa shape index (κ3) is 2.52. The normalized spacial score (nSPS) is 15.7. The average molecular weight is 383 g/mol. The monoisotopic (exact) mass is 382 g/mol. The van der Waals surface area contributed by atoms with E-state index in [1.165, 1.54) is 6.07 Å². The number of thiophene rings is 1. The molecule has 0 bridgehead atoms. The van der Waals surface area contributed by atoms with Gasteiger partial charge in [-0.1, -0.05) is 28.4 Å². The highest BCUT2D eigenvalue weighted by Gasteiger charge is 2.35. The Bertz CT molecular complexity index is 838. The molecular weight excluding hydrogens is 375 g/mol. The van der Waals surface area contributed by atoms with Crippen LogP contribution >= 0.6 is 34.5 Å². The highest BCUT2D eigenvalue weighted by atomic mass is 35.5. The van der Waals surface area contributed by atoms with Gasteiger partial charge in [0.05, 0.1) is 5.02 Å². The Morgan fingerprint density at radius 3 is 2.77 bits per heavy atom. The molecule has 0 spiro atoms. The van der Waals surface area contributed by atoms with Gasteiger partial charge in [0.2, 0.25) is 0 Å². The number of carbonyl (C=O) groups is 1. The van der Waals surface area contributed by atoms with E-state index in [1.807, 2.05) is 0 Å². The first-order valence-corrected chi connectivity index (χ1v) is 8.97. The first-order chi connectivity index (χ1) is 10.3. The maximum atomic E-state index is 12.6. The summed E-state index contributed by atoms with van der Waals surface area (Å²) in [5, 5.41) is 12.7. The number of sulfonamides is 1. The predicted octanol–water partition coefficient (Wildman–Crippen LogP) is 2.49. The van der Waals surface area contributed by atoms with Crippen LogP contribution in [0.15, 0.2) is 14.8 Å². The Balaban J connectivity index is 1.96. The van der Waals surface area contributed by atoms with Crippen LogP contribution in [0.2, 0.25) is 9.36 Å². The van der Waals surface area contributed by atoms with E-state index in [1.54, 1.807) is 0 Å². The minimum absolute atomic E-state index is 0.0132. The molecule has 0 radical (unpaired) electrons. The van der Waals surface area contributed by atoms with E-state index >= 15 is 0 Å². The molecule has 0 saturated heterocycles.